The molecule has 0 fully saturated rings. The maximum absolute atomic E-state index is 11.9. The third-order valence-corrected chi connectivity index (χ3v) is 2.84. The van der Waals surface area contributed by atoms with Gasteiger partial charge in [0.25, 0.3) is 0 Å². The summed E-state index contributed by atoms with van der Waals surface area (Å²) in [4.78, 5) is 23.7. The standard InChI is InChI=1S/C15H17NO4/c1-4-5-12(10-6-8-11(16)9-7-10)13(14(17)19-2)15(18)20-3/h6-9,12-13H,16H2,1-3H3/t12-/m0/s1. The maximum atomic E-state index is 11.9. The smallest absolute Gasteiger partial charge is 0.321 e. The molecule has 0 aliphatic rings. The summed E-state index contributed by atoms with van der Waals surface area (Å²) in [6.45, 7) is 1.63. The number of methoxy groups -OCH3 is 2. The average molecular weight is 275 g/mol. The molecule has 0 heterocycles. The molecule has 0 aliphatic heterocycles. The number of nitrogens with two attached hydrogens (primary N) is 1. The van der Waals surface area contributed by atoms with Crippen molar-refractivity contribution in [2.24, 2.45) is 5.92 Å². The van der Waals surface area contributed by atoms with E-state index in [1.807, 2.05) is 0 Å². The molecule has 0 aromatic heterocycles. The quantitative estimate of drug-likeness (QED) is 0.388. The molecule has 0 saturated carbocycles. The molecule has 0 aliphatic carbocycles. The summed E-state index contributed by atoms with van der Waals surface area (Å²) in [5.41, 5.74) is 6.92. The number of esters is 2. The van der Waals surface area contributed by atoms with Gasteiger partial charge in [-0.3, -0.25) is 9.59 Å². The highest BCUT2D eigenvalue weighted by Gasteiger charge is 2.37. The van der Waals surface area contributed by atoms with Crippen molar-refractivity contribution in [2.45, 2.75) is 12.8 Å². The predicted octanol–water partition coefficient (Wildman–Crippen LogP) is 1.34. The molecular weight excluding hydrogens is 258 g/mol. The molecule has 0 spiro atoms. The lowest BCUT2D eigenvalue weighted by Gasteiger charge is -2.19. The summed E-state index contributed by atoms with van der Waals surface area (Å²) in [6.07, 6.45) is 0. The number of hydrogen-bond acceptors (Lipinski definition) is 5. The first-order chi connectivity index (χ1) is 9.54. The van der Waals surface area contributed by atoms with E-state index in [9.17, 15) is 9.59 Å². The van der Waals surface area contributed by atoms with Crippen molar-refractivity contribution in [3.05, 3.63) is 29.8 Å². The number of anilines is 1. The molecule has 0 saturated heterocycles. The summed E-state index contributed by atoms with van der Waals surface area (Å²) in [5.74, 6) is 2.46. The van der Waals surface area contributed by atoms with Crippen LogP contribution >= 0.6 is 0 Å². The number of rotatable bonds is 4. The lowest BCUT2D eigenvalue weighted by molar-refractivity contribution is -0.159. The molecule has 0 amide bonds. The Morgan fingerprint density at radius 2 is 1.60 bits per heavy atom. The van der Waals surface area contributed by atoms with Gasteiger partial charge in [-0.1, -0.05) is 18.1 Å². The second-order valence-electron chi connectivity index (χ2n) is 4.06. The van der Waals surface area contributed by atoms with Crippen molar-refractivity contribution >= 4 is 17.6 Å². The molecule has 0 unspecified atom stereocenters. The molecule has 0 radical (unpaired) electrons. The van der Waals surface area contributed by atoms with Gasteiger partial charge < -0.3 is 15.2 Å². The minimum Gasteiger partial charge on any atom is -0.468 e. The van der Waals surface area contributed by atoms with Gasteiger partial charge in [0.2, 0.25) is 0 Å². The van der Waals surface area contributed by atoms with E-state index in [-0.39, 0.29) is 0 Å². The molecular formula is C15H17NO4. The van der Waals surface area contributed by atoms with E-state index in [1.165, 1.54) is 14.2 Å². The van der Waals surface area contributed by atoms with E-state index < -0.39 is 23.8 Å². The van der Waals surface area contributed by atoms with Crippen LogP contribution < -0.4 is 5.73 Å². The van der Waals surface area contributed by atoms with Crippen molar-refractivity contribution in [2.75, 3.05) is 20.0 Å². The van der Waals surface area contributed by atoms with Gasteiger partial charge in [-0.2, -0.15) is 0 Å². The number of nitrogen functional groups attached to an aromatic ring is 1. The van der Waals surface area contributed by atoms with Crippen LogP contribution in [0.3, 0.4) is 0 Å². The number of ether oxygens (including phenoxy) is 2. The fourth-order valence-corrected chi connectivity index (χ4v) is 1.84. The van der Waals surface area contributed by atoms with Crippen LogP contribution in [0, 0.1) is 17.8 Å². The molecule has 5 nitrogen and oxygen atoms in total. The van der Waals surface area contributed by atoms with Gasteiger partial charge in [-0.15, -0.1) is 5.92 Å². The van der Waals surface area contributed by atoms with Crippen LogP contribution in [-0.4, -0.2) is 26.2 Å². The van der Waals surface area contributed by atoms with Crippen LogP contribution in [0.2, 0.25) is 0 Å². The molecule has 0 bridgehead atoms. The lowest BCUT2D eigenvalue weighted by Crippen LogP contribution is -2.31. The van der Waals surface area contributed by atoms with Gasteiger partial charge in [-0.25, -0.2) is 0 Å². The van der Waals surface area contributed by atoms with E-state index in [0.29, 0.717) is 11.3 Å². The van der Waals surface area contributed by atoms with Gasteiger partial charge in [0.05, 0.1) is 20.1 Å². The van der Waals surface area contributed by atoms with Gasteiger partial charge in [0, 0.05) is 5.69 Å². The first-order valence-electron chi connectivity index (χ1n) is 5.98. The highest BCUT2D eigenvalue weighted by Crippen LogP contribution is 2.27. The third-order valence-electron chi connectivity index (χ3n) is 2.84. The summed E-state index contributed by atoms with van der Waals surface area (Å²) >= 11 is 0. The Bertz CT molecular complexity index is 523. The zero-order chi connectivity index (χ0) is 15.1. The van der Waals surface area contributed by atoms with Crippen LogP contribution in [0.4, 0.5) is 5.69 Å². The van der Waals surface area contributed by atoms with E-state index in [4.69, 9.17) is 5.73 Å². The monoisotopic (exact) mass is 275 g/mol. The number of carbonyl (C=O) groups excluding carboxylic acids is 2. The third kappa shape index (κ3) is 3.51. The summed E-state index contributed by atoms with van der Waals surface area (Å²) < 4.78 is 9.35. The molecule has 1 rings (SSSR count). The Hall–Kier alpha value is -2.48. The second-order valence-corrected chi connectivity index (χ2v) is 4.06. The number of benzene rings is 1. The van der Waals surface area contributed by atoms with E-state index in [0.717, 1.165) is 0 Å². The molecule has 20 heavy (non-hydrogen) atoms. The Morgan fingerprint density at radius 3 is 2.00 bits per heavy atom. The maximum Gasteiger partial charge on any atom is 0.321 e. The Labute approximate surface area is 118 Å². The molecule has 1 aromatic rings. The van der Waals surface area contributed by atoms with Gasteiger partial charge in [0.1, 0.15) is 0 Å². The van der Waals surface area contributed by atoms with E-state index in [2.05, 4.69) is 21.3 Å². The first kappa shape index (κ1) is 15.6. The SMILES string of the molecule is CC#C[C@@H](c1ccc(N)cc1)C(C(=O)OC)C(=O)OC. The highest BCUT2D eigenvalue weighted by atomic mass is 16.5. The summed E-state index contributed by atoms with van der Waals surface area (Å²) in [6, 6.07) is 6.82. The highest BCUT2D eigenvalue weighted by molar-refractivity contribution is 5.96. The Kier molecular flexibility index (Phi) is 5.60. The molecule has 1 aromatic carbocycles. The van der Waals surface area contributed by atoms with Crippen LogP contribution in [0.1, 0.15) is 18.4 Å². The number of hydrogen-bond donors (Lipinski definition) is 1. The Balaban J connectivity index is 3.26. The molecule has 5 heteroatoms. The molecule has 106 valence electrons. The summed E-state index contributed by atoms with van der Waals surface area (Å²) in [7, 11) is 2.44. The Morgan fingerprint density at radius 1 is 1.10 bits per heavy atom. The van der Waals surface area contributed by atoms with Crippen LogP contribution in [0.5, 0.6) is 0 Å². The molecule has 2 N–H and O–H groups in total. The van der Waals surface area contributed by atoms with Crippen molar-refractivity contribution in [3.63, 3.8) is 0 Å². The van der Waals surface area contributed by atoms with Crippen LogP contribution in [-0.2, 0) is 19.1 Å². The zero-order valence-electron chi connectivity index (χ0n) is 11.7. The minimum atomic E-state index is -1.12. The normalized spacial score (nSPS) is 11.2. The first-order valence-corrected chi connectivity index (χ1v) is 5.98. The van der Waals surface area contributed by atoms with Crippen molar-refractivity contribution in [3.8, 4) is 11.8 Å². The molecule has 1 atom stereocenters. The minimum absolute atomic E-state index is 0.588. The second kappa shape index (κ2) is 7.19. The average Bonchev–Trinajstić information content (AvgIpc) is 2.47. The predicted molar refractivity (Wildman–Crippen MR) is 74.6 cm³/mol. The van der Waals surface area contributed by atoms with Gasteiger partial charge in [0.15, 0.2) is 5.92 Å². The lowest BCUT2D eigenvalue weighted by atomic mass is 9.86. The van der Waals surface area contributed by atoms with Crippen LogP contribution in [0.25, 0.3) is 0 Å². The van der Waals surface area contributed by atoms with Crippen molar-refractivity contribution < 1.29 is 19.1 Å². The summed E-state index contributed by atoms with van der Waals surface area (Å²) in [5, 5.41) is 0. The van der Waals surface area contributed by atoms with Crippen molar-refractivity contribution in [1.82, 2.24) is 0 Å². The van der Waals surface area contributed by atoms with E-state index in [1.54, 1.807) is 31.2 Å². The largest absolute Gasteiger partial charge is 0.468 e. The topological polar surface area (TPSA) is 78.6 Å². The fourth-order valence-electron chi connectivity index (χ4n) is 1.84. The van der Waals surface area contributed by atoms with Crippen LogP contribution in [0.15, 0.2) is 24.3 Å². The zero-order valence-corrected chi connectivity index (χ0v) is 11.7. The van der Waals surface area contributed by atoms with E-state index >= 15 is 0 Å². The fraction of sp³-hybridized carbons (Fsp3) is 0.333. The van der Waals surface area contributed by atoms with Crippen molar-refractivity contribution in [1.29, 1.82) is 0 Å². The van der Waals surface area contributed by atoms with Gasteiger partial charge >= 0.3 is 11.9 Å². The number of carbonyl (C=O) groups is 2. The van der Waals surface area contributed by atoms with Gasteiger partial charge in [-0.05, 0) is 24.6 Å².